The van der Waals surface area contributed by atoms with Crippen molar-refractivity contribution in [3.8, 4) is 0 Å². The van der Waals surface area contributed by atoms with Crippen molar-refractivity contribution < 1.29 is 13.7 Å². The van der Waals surface area contributed by atoms with E-state index < -0.39 is 10.8 Å². The van der Waals surface area contributed by atoms with Crippen LogP contribution in [-0.4, -0.2) is 28.3 Å². The topological polar surface area (TPSA) is 43.4 Å². The fourth-order valence-electron chi connectivity index (χ4n) is 0.760. The highest BCUT2D eigenvalue weighted by atomic mass is 32.2. The summed E-state index contributed by atoms with van der Waals surface area (Å²) >= 11 is 0. The van der Waals surface area contributed by atoms with Crippen molar-refractivity contribution in [2.24, 2.45) is 0 Å². The maximum absolute atomic E-state index is 11.1. The first-order valence-corrected chi connectivity index (χ1v) is 5.70. The van der Waals surface area contributed by atoms with Gasteiger partial charge in [0.2, 0.25) is 0 Å². The van der Waals surface area contributed by atoms with E-state index >= 15 is 0 Å². The zero-order chi connectivity index (χ0) is 9.40. The van der Waals surface area contributed by atoms with Gasteiger partial charge < -0.3 is 4.74 Å². The van der Waals surface area contributed by atoms with Crippen LogP contribution >= 0.6 is 0 Å². The van der Waals surface area contributed by atoms with Gasteiger partial charge in [0.15, 0.2) is 0 Å². The Labute approximate surface area is 75.9 Å². The van der Waals surface area contributed by atoms with Crippen LogP contribution in [0.3, 0.4) is 0 Å². The maximum atomic E-state index is 11.1. The van der Waals surface area contributed by atoms with Crippen LogP contribution in [0.25, 0.3) is 0 Å². The molecule has 0 aliphatic rings. The lowest BCUT2D eigenvalue weighted by atomic mass is 10.5. The Hall–Kier alpha value is -0.380. The number of carbonyl (C=O) groups is 1. The molecule has 0 fully saturated rings. The van der Waals surface area contributed by atoms with Gasteiger partial charge in [0.1, 0.15) is 0 Å². The highest BCUT2D eigenvalue weighted by molar-refractivity contribution is 7.84. The van der Waals surface area contributed by atoms with Gasteiger partial charge in [0, 0.05) is 22.3 Å². The third kappa shape index (κ3) is 6.34. The van der Waals surface area contributed by atoms with E-state index in [1.807, 2.05) is 6.92 Å². The monoisotopic (exact) mass is 192 g/mol. The Morgan fingerprint density at radius 3 is 2.50 bits per heavy atom. The molecule has 1 unspecified atom stereocenters. The summed E-state index contributed by atoms with van der Waals surface area (Å²) in [4.78, 5) is 10.8. The first kappa shape index (κ1) is 11.6. The summed E-state index contributed by atoms with van der Waals surface area (Å²) in [6, 6.07) is 0. The molecule has 12 heavy (non-hydrogen) atoms. The molecule has 0 saturated heterocycles. The smallest absolute Gasteiger partial charge is 0.306 e. The summed E-state index contributed by atoms with van der Waals surface area (Å²) in [5.74, 6) is 0.869. The average Bonchev–Trinajstić information content (AvgIpc) is 2.02. The summed E-state index contributed by atoms with van der Waals surface area (Å²) in [6.07, 6.45) is 1.18. The molecule has 0 bridgehead atoms. The molecule has 0 spiro atoms. The van der Waals surface area contributed by atoms with Crippen molar-refractivity contribution in [2.75, 3.05) is 18.1 Å². The van der Waals surface area contributed by atoms with Crippen LogP contribution in [-0.2, 0) is 20.3 Å². The lowest BCUT2D eigenvalue weighted by molar-refractivity contribution is -0.142. The Morgan fingerprint density at radius 1 is 1.33 bits per heavy atom. The molecule has 0 aliphatic carbocycles. The van der Waals surface area contributed by atoms with Gasteiger partial charge in [0.05, 0.1) is 13.0 Å². The van der Waals surface area contributed by atoms with Gasteiger partial charge in [-0.3, -0.25) is 9.00 Å². The number of hydrogen-bond donors (Lipinski definition) is 0. The van der Waals surface area contributed by atoms with E-state index in [2.05, 4.69) is 0 Å². The molecule has 4 heteroatoms. The molecule has 0 aromatic heterocycles. The minimum atomic E-state index is -0.845. The van der Waals surface area contributed by atoms with Crippen molar-refractivity contribution >= 4 is 16.8 Å². The van der Waals surface area contributed by atoms with Gasteiger partial charge in [-0.2, -0.15) is 0 Å². The van der Waals surface area contributed by atoms with Crippen molar-refractivity contribution in [1.82, 2.24) is 0 Å². The Kier molecular flexibility index (Phi) is 7.05. The van der Waals surface area contributed by atoms with E-state index in [4.69, 9.17) is 4.74 Å². The fraction of sp³-hybridized carbons (Fsp3) is 0.875. The molecule has 0 saturated carbocycles. The summed E-state index contributed by atoms with van der Waals surface area (Å²) in [6.45, 7) is 4.14. The molecule has 0 heterocycles. The van der Waals surface area contributed by atoms with Crippen LogP contribution in [0.5, 0.6) is 0 Å². The van der Waals surface area contributed by atoms with Gasteiger partial charge >= 0.3 is 5.97 Å². The first-order valence-electron chi connectivity index (χ1n) is 4.21. The number of hydrogen-bond acceptors (Lipinski definition) is 3. The minimum Gasteiger partial charge on any atom is -0.466 e. The van der Waals surface area contributed by atoms with E-state index in [0.29, 0.717) is 18.1 Å². The third-order valence-electron chi connectivity index (χ3n) is 1.27. The van der Waals surface area contributed by atoms with Crippen LogP contribution in [0.1, 0.15) is 26.7 Å². The van der Waals surface area contributed by atoms with Gasteiger partial charge in [-0.05, 0) is 13.3 Å². The van der Waals surface area contributed by atoms with E-state index in [0.717, 1.165) is 6.42 Å². The summed E-state index contributed by atoms with van der Waals surface area (Å²) in [5.41, 5.74) is 0. The molecule has 1 atom stereocenters. The Morgan fingerprint density at radius 2 is 2.00 bits per heavy atom. The van der Waals surface area contributed by atoms with Crippen molar-refractivity contribution in [1.29, 1.82) is 0 Å². The second-order valence-corrected chi connectivity index (χ2v) is 4.10. The van der Waals surface area contributed by atoms with Crippen molar-refractivity contribution in [3.63, 3.8) is 0 Å². The molecule has 72 valence electrons. The van der Waals surface area contributed by atoms with Gasteiger partial charge in [-0.1, -0.05) is 6.92 Å². The first-order chi connectivity index (χ1) is 5.70. The van der Waals surface area contributed by atoms with Crippen molar-refractivity contribution in [3.05, 3.63) is 0 Å². The fourth-order valence-corrected chi connectivity index (χ4v) is 1.81. The molecule has 0 aromatic carbocycles. The van der Waals surface area contributed by atoms with Crippen LogP contribution in [0.4, 0.5) is 0 Å². The van der Waals surface area contributed by atoms with E-state index in [-0.39, 0.29) is 12.4 Å². The van der Waals surface area contributed by atoms with Gasteiger partial charge in [-0.25, -0.2) is 0 Å². The predicted molar refractivity (Wildman–Crippen MR) is 49.4 cm³/mol. The lowest BCUT2D eigenvalue weighted by Gasteiger charge is -2.00. The maximum Gasteiger partial charge on any atom is 0.306 e. The number of esters is 1. The van der Waals surface area contributed by atoms with Crippen molar-refractivity contribution in [2.45, 2.75) is 26.7 Å². The molecular weight excluding hydrogens is 176 g/mol. The SMILES string of the molecule is CCCS(=O)CCC(=O)OCC. The molecule has 0 aromatic rings. The molecular formula is C8H16O3S. The average molecular weight is 192 g/mol. The zero-order valence-electron chi connectivity index (χ0n) is 7.67. The quantitative estimate of drug-likeness (QED) is 0.592. The largest absolute Gasteiger partial charge is 0.466 e. The number of rotatable bonds is 6. The van der Waals surface area contributed by atoms with Gasteiger partial charge in [-0.15, -0.1) is 0 Å². The number of carbonyl (C=O) groups excluding carboxylic acids is 1. The van der Waals surface area contributed by atoms with E-state index in [1.54, 1.807) is 6.92 Å². The molecule has 0 N–H and O–H groups in total. The van der Waals surface area contributed by atoms with E-state index in [1.165, 1.54) is 0 Å². The standard InChI is InChI=1S/C8H16O3S/c1-3-6-12(10)7-5-8(9)11-4-2/h3-7H2,1-2H3. The highest BCUT2D eigenvalue weighted by Gasteiger charge is 2.04. The molecule has 0 radical (unpaired) electrons. The van der Waals surface area contributed by atoms with E-state index in [9.17, 15) is 9.00 Å². The van der Waals surface area contributed by atoms with Gasteiger partial charge in [0.25, 0.3) is 0 Å². The second kappa shape index (κ2) is 7.28. The minimum absolute atomic E-state index is 0.248. The van der Waals surface area contributed by atoms with Crippen LogP contribution in [0.2, 0.25) is 0 Å². The lowest BCUT2D eigenvalue weighted by Crippen LogP contribution is -2.10. The third-order valence-corrected chi connectivity index (χ3v) is 2.79. The summed E-state index contributed by atoms with van der Waals surface area (Å²) in [7, 11) is -0.845. The Balaban J connectivity index is 3.40. The van der Waals surface area contributed by atoms with Crippen LogP contribution in [0, 0.1) is 0 Å². The second-order valence-electron chi connectivity index (χ2n) is 2.40. The Bertz CT molecular complexity index is 138. The van der Waals surface area contributed by atoms with Crippen LogP contribution in [0.15, 0.2) is 0 Å². The normalized spacial score (nSPS) is 12.5. The molecule has 0 aliphatic heterocycles. The summed E-state index contributed by atoms with van der Waals surface area (Å²) < 4.78 is 15.8. The molecule has 0 rings (SSSR count). The zero-order valence-corrected chi connectivity index (χ0v) is 8.49. The molecule has 0 amide bonds. The molecule has 3 nitrogen and oxygen atoms in total. The summed E-state index contributed by atoms with van der Waals surface area (Å²) in [5, 5.41) is 0. The number of ether oxygens (including phenoxy) is 1. The van der Waals surface area contributed by atoms with Crippen LogP contribution < -0.4 is 0 Å². The predicted octanol–water partition coefficient (Wildman–Crippen LogP) is 1.10. The highest BCUT2D eigenvalue weighted by Crippen LogP contribution is 1.93.